The first-order valence-corrected chi connectivity index (χ1v) is 9.53. The fourth-order valence-corrected chi connectivity index (χ4v) is 6.09. The standard InChI is InChI=1S/C20H25NO6/c1-21-6-5-19-16-11-3-4-13(25-2)17(16)27-18(19)12(23)10-15(26-8-7-22)20(19,24)14(21)9-11/h3-4,14-15,18,22,24H,5-10H2,1-2H3/t14-,15+,18+,19+,20+/m1/s1. The molecule has 2 bridgehead atoms. The van der Waals surface area contributed by atoms with Crippen LogP contribution in [0, 0.1) is 0 Å². The molecule has 4 aliphatic rings. The van der Waals surface area contributed by atoms with Gasteiger partial charge in [0.05, 0.1) is 31.8 Å². The number of ketones is 1. The maximum absolute atomic E-state index is 13.1. The van der Waals surface area contributed by atoms with E-state index in [1.165, 1.54) is 0 Å². The van der Waals surface area contributed by atoms with E-state index in [-0.39, 0.29) is 31.5 Å². The third kappa shape index (κ3) is 1.88. The highest BCUT2D eigenvalue weighted by molar-refractivity contribution is 5.90. The zero-order valence-corrected chi connectivity index (χ0v) is 15.6. The van der Waals surface area contributed by atoms with Crippen molar-refractivity contribution in [2.24, 2.45) is 0 Å². The van der Waals surface area contributed by atoms with Crippen LogP contribution in [0.15, 0.2) is 12.1 Å². The third-order valence-corrected chi connectivity index (χ3v) is 7.16. The Kier molecular flexibility index (Phi) is 3.66. The SMILES string of the molecule is COc1ccc2c3c1O[C@H]1C(=O)C[C@H](OCCO)[C@@]4(O)[C@@H](C2)N(C)CC[C@]314. The van der Waals surface area contributed by atoms with Gasteiger partial charge in [0.2, 0.25) is 0 Å². The van der Waals surface area contributed by atoms with E-state index in [0.29, 0.717) is 24.3 Å². The molecule has 5 atom stereocenters. The van der Waals surface area contributed by atoms with Gasteiger partial charge in [-0.3, -0.25) is 4.79 Å². The zero-order valence-electron chi connectivity index (χ0n) is 15.6. The molecule has 1 aromatic rings. The van der Waals surface area contributed by atoms with Gasteiger partial charge in [-0.1, -0.05) is 6.07 Å². The van der Waals surface area contributed by atoms with Crippen LogP contribution < -0.4 is 9.47 Å². The Hall–Kier alpha value is -1.67. The second kappa shape index (κ2) is 5.67. The number of rotatable bonds is 4. The molecule has 2 N–H and O–H groups in total. The van der Waals surface area contributed by atoms with Gasteiger partial charge in [-0.05, 0) is 38.1 Å². The Bertz CT molecular complexity index is 812. The van der Waals surface area contributed by atoms with Crippen LogP contribution >= 0.6 is 0 Å². The Morgan fingerprint density at radius 1 is 1.37 bits per heavy atom. The molecule has 0 radical (unpaired) electrons. The van der Waals surface area contributed by atoms with E-state index in [4.69, 9.17) is 14.2 Å². The number of Topliss-reactive ketones (excluding diaryl/α,β-unsaturated/α-hetero) is 1. The summed E-state index contributed by atoms with van der Waals surface area (Å²) in [6.45, 7) is 0.711. The minimum Gasteiger partial charge on any atom is -0.493 e. The summed E-state index contributed by atoms with van der Waals surface area (Å²) in [6, 6.07) is 3.73. The van der Waals surface area contributed by atoms with Crippen LogP contribution in [0.1, 0.15) is 24.0 Å². The number of carbonyl (C=O) groups is 1. The lowest BCUT2D eigenvalue weighted by Crippen LogP contribution is -2.80. The summed E-state index contributed by atoms with van der Waals surface area (Å²) in [5.41, 5.74) is -0.0791. The van der Waals surface area contributed by atoms with Crippen LogP contribution in [0.25, 0.3) is 0 Å². The van der Waals surface area contributed by atoms with Gasteiger partial charge in [-0.15, -0.1) is 0 Å². The van der Waals surface area contributed by atoms with E-state index in [2.05, 4.69) is 4.90 Å². The number of nitrogens with zero attached hydrogens (tertiary/aromatic N) is 1. The van der Waals surface area contributed by atoms with Gasteiger partial charge in [0.25, 0.3) is 0 Å². The predicted molar refractivity (Wildman–Crippen MR) is 95.2 cm³/mol. The number of aliphatic hydroxyl groups is 2. The summed E-state index contributed by atoms with van der Waals surface area (Å²) in [5, 5.41) is 21.5. The van der Waals surface area contributed by atoms with E-state index in [1.807, 2.05) is 19.2 Å². The van der Waals surface area contributed by atoms with Gasteiger partial charge >= 0.3 is 0 Å². The third-order valence-electron chi connectivity index (χ3n) is 7.16. The highest BCUT2D eigenvalue weighted by Crippen LogP contribution is 2.65. The Morgan fingerprint density at radius 3 is 2.93 bits per heavy atom. The number of methoxy groups -OCH3 is 1. The number of carbonyl (C=O) groups excluding carboxylic acids is 1. The zero-order chi connectivity index (χ0) is 19.0. The van der Waals surface area contributed by atoms with Crippen molar-refractivity contribution >= 4 is 5.78 Å². The van der Waals surface area contributed by atoms with E-state index in [9.17, 15) is 15.0 Å². The van der Waals surface area contributed by atoms with Crippen molar-refractivity contribution in [2.45, 2.75) is 48.5 Å². The van der Waals surface area contributed by atoms with Crippen LogP contribution in [0.2, 0.25) is 0 Å². The smallest absolute Gasteiger partial charge is 0.177 e. The maximum Gasteiger partial charge on any atom is 0.177 e. The molecule has 0 aromatic heterocycles. The van der Waals surface area contributed by atoms with Crippen molar-refractivity contribution in [3.63, 3.8) is 0 Å². The molecule has 2 aliphatic carbocycles. The van der Waals surface area contributed by atoms with Gasteiger partial charge in [-0.25, -0.2) is 0 Å². The topological polar surface area (TPSA) is 88.5 Å². The van der Waals surface area contributed by atoms with Gasteiger partial charge in [0, 0.05) is 18.0 Å². The molecule has 1 aromatic carbocycles. The minimum absolute atomic E-state index is 0.0583. The number of likely N-dealkylation sites (tertiary alicyclic amines) is 1. The molecule has 0 amide bonds. The van der Waals surface area contributed by atoms with Crippen LogP contribution in [-0.4, -0.2) is 78.7 Å². The number of aliphatic hydroxyl groups excluding tert-OH is 1. The highest BCUT2D eigenvalue weighted by atomic mass is 16.5. The molecule has 7 nitrogen and oxygen atoms in total. The van der Waals surface area contributed by atoms with Gasteiger partial charge in [0.1, 0.15) is 5.60 Å². The van der Waals surface area contributed by atoms with Gasteiger partial charge in [-0.2, -0.15) is 0 Å². The molecule has 146 valence electrons. The second-order valence-electron chi connectivity index (χ2n) is 8.13. The largest absolute Gasteiger partial charge is 0.493 e. The number of hydrogen-bond donors (Lipinski definition) is 2. The number of likely N-dealkylation sites (N-methyl/N-ethyl adjacent to an activating group) is 1. The lowest BCUT2D eigenvalue weighted by Gasteiger charge is -2.64. The highest BCUT2D eigenvalue weighted by Gasteiger charge is 2.76. The molecule has 1 spiro atoms. The molecule has 1 saturated heterocycles. The van der Waals surface area contributed by atoms with Crippen molar-refractivity contribution in [1.82, 2.24) is 4.90 Å². The van der Waals surface area contributed by atoms with E-state index in [1.54, 1.807) is 7.11 Å². The summed E-state index contributed by atoms with van der Waals surface area (Å²) >= 11 is 0. The van der Waals surface area contributed by atoms with E-state index < -0.39 is 23.2 Å². The first-order valence-electron chi connectivity index (χ1n) is 9.53. The predicted octanol–water partition coefficient (Wildman–Crippen LogP) is 0.0356. The van der Waals surface area contributed by atoms with Crippen molar-refractivity contribution < 1.29 is 29.2 Å². The molecule has 2 fully saturated rings. The first kappa shape index (κ1) is 17.4. The molecule has 1 saturated carbocycles. The average Bonchev–Trinajstić information content (AvgIpc) is 3.01. The van der Waals surface area contributed by atoms with Gasteiger partial charge in [0.15, 0.2) is 23.4 Å². The molecule has 0 unspecified atom stereocenters. The second-order valence-corrected chi connectivity index (χ2v) is 8.13. The van der Waals surface area contributed by atoms with Crippen LogP contribution in [0.5, 0.6) is 11.5 Å². The Morgan fingerprint density at radius 2 is 2.19 bits per heavy atom. The molecule has 2 heterocycles. The first-order chi connectivity index (χ1) is 13.0. The number of piperidine rings is 1. The summed E-state index contributed by atoms with van der Waals surface area (Å²) in [7, 11) is 3.60. The maximum atomic E-state index is 13.1. The lowest BCUT2D eigenvalue weighted by atomic mass is 9.48. The normalized spacial score (nSPS) is 39.1. The molecule has 5 rings (SSSR count). The number of ether oxygens (including phenoxy) is 3. The van der Waals surface area contributed by atoms with Crippen LogP contribution in [-0.2, 0) is 21.4 Å². The van der Waals surface area contributed by atoms with Crippen LogP contribution in [0.4, 0.5) is 0 Å². The van der Waals surface area contributed by atoms with E-state index in [0.717, 1.165) is 17.7 Å². The van der Waals surface area contributed by atoms with Crippen molar-refractivity contribution in [1.29, 1.82) is 0 Å². The number of hydrogen-bond acceptors (Lipinski definition) is 7. The molecular weight excluding hydrogens is 350 g/mol. The molecule has 2 aliphatic heterocycles. The fraction of sp³-hybridized carbons (Fsp3) is 0.650. The lowest BCUT2D eigenvalue weighted by molar-refractivity contribution is -0.238. The molecule has 27 heavy (non-hydrogen) atoms. The summed E-state index contributed by atoms with van der Waals surface area (Å²) in [6.07, 6.45) is -0.0458. The summed E-state index contributed by atoms with van der Waals surface area (Å²) in [5.74, 6) is 1.13. The number of benzene rings is 1. The summed E-state index contributed by atoms with van der Waals surface area (Å²) < 4.78 is 17.6. The fourth-order valence-electron chi connectivity index (χ4n) is 6.09. The summed E-state index contributed by atoms with van der Waals surface area (Å²) in [4.78, 5) is 15.2. The average molecular weight is 375 g/mol. The van der Waals surface area contributed by atoms with E-state index >= 15 is 0 Å². The van der Waals surface area contributed by atoms with Crippen molar-refractivity contribution in [2.75, 3.05) is 33.9 Å². The van der Waals surface area contributed by atoms with Crippen molar-refractivity contribution in [3.8, 4) is 11.5 Å². The monoisotopic (exact) mass is 375 g/mol. The van der Waals surface area contributed by atoms with Crippen LogP contribution in [0.3, 0.4) is 0 Å². The minimum atomic E-state index is -1.27. The quantitative estimate of drug-likeness (QED) is 0.768. The van der Waals surface area contributed by atoms with Crippen molar-refractivity contribution in [3.05, 3.63) is 23.3 Å². The molecular formula is C20H25NO6. The Labute approximate surface area is 157 Å². The van der Waals surface area contributed by atoms with Gasteiger partial charge < -0.3 is 29.3 Å². The molecule has 7 heteroatoms. The Balaban J connectivity index is 1.78.